The normalized spacial score (nSPS) is 23.1. The Morgan fingerprint density at radius 3 is 2.58 bits per heavy atom. The third-order valence-electron chi connectivity index (χ3n) is 3.88. The van der Waals surface area contributed by atoms with Crippen molar-refractivity contribution < 1.29 is 4.79 Å². The molecule has 0 aromatic heterocycles. The van der Waals surface area contributed by atoms with E-state index in [4.69, 9.17) is 11.6 Å². The first-order valence-corrected chi connectivity index (χ1v) is 8.02. The molecular formula is C15H19BrClNO. The van der Waals surface area contributed by atoms with Crippen molar-refractivity contribution in [2.45, 2.75) is 45.1 Å². The summed E-state index contributed by atoms with van der Waals surface area (Å²) < 4.78 is 0.833. The van der Waals surface area contributed by atoms with Crippen LogP contribution in [0.15, 0.2) is 22.7 Å². The number of amides is 1. The van der Waals surface area contributed by atoms with Crippen LogP contribution in [0.2, 0.25) is 5.02 Å². The van der Waals surface area contributed by atoms with Crippen LogP contribution in [0.3, 0.4) is 0 Å². The second kappa shape index (κ2) is 6.76. The minimum atomic E-state index is -0.0249. The number of nitrogens with one attached hydrogen (secondary N) is 1. The lowest BCUT2D eigenvalue weighted by molar-refractivity contribution is 0.0921. The summed E-state index contributed by atoms with van der Waals surface area (Å²) in [6, 6.07) is 5.61. The number of hydrogen-bond donors (Lipinski definition) is 1. The lowest BCUT2D eigenvalue weighted by atomic mass is 9.84. The molecule has 104 valence electrons. The molecule has 1 aliphatic carbocycles. The molecule has 1 N–H and O–H groups in total. The Labute approximate surface area is 128 Å². The van der Waals surface area contributed by atoms with E-state index in [0.717, 1.165) is 23.2 Å². The van der Waals surface area contributed by atoms with Gasteiger partial charge in [0.05, 0.1) is 0 Å². The van der Waals surface area contributed by atoms with Crippen molar-refractivity contribution in [3.05, 3.63) is 33.3 Å². The summed E-state index contributed by atoms with van der Waals surface area (Å²) in [5.74, 6) is 0.816. The molecule has 1 saturated carbocycles. The second-order valence-corrected chi connectivity index (χ2v) is 6.61. The highest BCUT2D eigenvalue weighted by molar-refractivity contribution is 9.10. The first kappa shape index (κ1) is 14.9. The molecule has 0 spiro atoms. The maximum absolute atomic E-state index is 12.2. The first-order valence-electron chi connectivity index (χ1n) is 6.85. The number of rotatable bonds is 3. The molecular weight excluding hydrogens is 326 g/mol. The van der Waals surface area contributed by atoms with E-state index >= 15 is 0 Å². The van der Waals surface area contributed by atoms with Crippen molar-refractivity contribution in [1.29, 1.82) is 0 Å². The van der Waals surface area contributed by atoms with Gasteiger partial charge in [-0.1, -0.05) is 40.9 Å². The Morgan fingerprint density at radius 2 is 2.00 bits per heavy atom. The molecule has 19 heavy (non-hydrogen) atoms. The zero-order valence-electron chi connectivity index (χ0n) is 11.1. The maximum Gasteiger partial charge on any atom is 0.251 e. The lowest BCUT2D eigenvalue weighted by Gasteiger charge is -2.28. The first-order chi connectivity index (χ1) is 9.08. The topological polar surface area (TPSA) is 29.1 Å². The molecule has 0 unspecified atom stereocenters. The van der Waals surface area contributed by atoms with Gasteiger partial charge < -0.3 is 5.32 Å². The summed E-state index contributed by atoms with van der Waals surface area (Å²) in [6.45, 7) is 2.24. The van der Waals surface area contributed by atoms with E-state index in [2.05, 4.69) is 28.2 Å². The molecule has 0 radical (unpaired) electrons. The van der Waals surface area contributed by atoms with E-state index in [1.807, 2.05) is 0 Å². The van der Waals surface area contributed by atoms with Crippen molar-refractivity contribution in [3.63, 3.8) is 0 Å². The number of hydrogen-bond acceptors (Lipinski definition) is 1. The van der Waals surface area contributed by atoms with Crippen molar-refractivity contribution >= 4 is 33.4 Å². The molecule has 2 rings (SSSR count). The van der Waals surface area contributed by atoms with Gasteiger partial charge in [0, 0.05) is 21.1 Å². The number of carbonyl (C=O) groups is 1. The van der Waals surface area contributed by atoms with Crippen LogP contribution in [-0.4, -0.2) is 11.9 Å². The minimum absolute atomic E-state index is 0.0249. The van der Waals surface area contributed by atoms with Gasteiger partial charge in [0.15, 0.2) is 0 Å². The van der Waals surface area contributed by atoms with Crippen molar-refractivity contribution in [3.8, 4) is 0 Å². The van der Waals surface area contributed by atoms with Crippen LogP contribution in [0.4, 0.5) is 0 Å². The van der Waals surface area contributed by atoms with Gasteiger partial charge in [0.2, 0.25) is 0 Å². The van der Waals surface area contributed by atoms with E-state index < -0.39 is 0 Å². The monoisotopic (exact) mass is 343 g/mol. The Bertz CT molecular complexity index is 435. The van der Waals surface area contributed by atoms with Crippen LogP contribution in [0.25, 0.3) is 0 Å². The SMILES string of the molecule is CCC1CCC(NC(=O)c2cc(Cl)cc(Br)c2)CC1. The summed E-state index contributed by atoms with van der Waals surface area (Å²) >= 11 is 9.32. The van der Waals surface area contributed by atoms with Crippen LogP contribution in [0.5, 0.6) is 0 Å². The largest absolute Gasteiger partial charge is 0.349 e. The van der Waals surface area contributed by atoms with Crippen LogP contribution in [-0.2, 0) is 0 Å². The Balaban J connectivity index is 1.94. The summed E-state index contributed by atoms with van der Waals surface area (Å²) in [5, 5.41) is 3.69. The van der Waals surface area contributed by atoms with Crippen LogP contribution >= 0.6 is 27.5 Å². The van der Waals surface area contributed by atoms with Gasteiger partial charge in [-0.3, -0.25) is 4.79 Å². The molecule has 1 aromatic rings. The quantitative estimate of drug-likeness (QED) is 0.838. The van der Waals surface area contributed by atoms with Crippen LogP contribution in [0.1, 0.15) is 49.4 Å². The Kier molecular flexibility index (Phi) is 5.28. The van der Waals surface area contributed by atoms with Crippen molar-refractivity contribution in [2.75, 3.05) is 0 Å². The smallest absolute Gasteiger partial charge is 0.251 e. The minimum Gasteiger partial charge on any atom is -0.349 e. The van der Waals surface area contributed by atoms with E-state index in [1.165, 1.54) is 19.3 Å². The summed E-state index contributed by atoms with van der Waals surface area (Å²) in [6.07, 6.45) is 5.88. The molecule has 0 bridgehead atoms. The van der Waals surface area contributed by atoms with Gasteiger partial charge >= 0.3 is 0 Å². The fourth-order valence-corrected chi connectivity index (χ4v) is 3.53. The van der Waals surface area contributed by atoms with E-state index in [9.17, 15) is 4.79 Å². The van der Waals surface area contributed by atoms with E-state index in [-0.39, 0.29) is 5.91 Å². The van der Waals surface area contributed by atoms with Gasteiger partial charge in [-0.15, -0.1) is 0 Å². The summed E-state index contributed by atoms with van der Waals surface area (Å²) in [5.41, 5.74) is 0.622. The highest BCUT2D eigenvalue weighted by Gasteiger charge is 2.21. The van der Waals surface area contributed by atoms with Gasteiger partial charge in [-0.25, -0.2) is 0 Å². The summed E-state index contributed by atoms with van der Waals surface area (Å²) in [4.78, 5) is 12.2. The maximum atomic E-state index is 12.2. The molecule has 0 aliphatic heterocycles. The van der Waals surface area contributed by atoms with Gasteiger partial charge in [-0.05, 0) is 49.8 Å². The Hall–Kier alpha value is -0.540. The molecule has 1 amide bonds. The van der Waals surface area contributed by atoms with Crippen molar-refractivity contribution in [1.82, 2.24) is 5.32 Å². The van der Waals surface area contributed by atoms with Gasteiger partial charge in [0.1, 0.15) is 0 Å². The highest BCUT2D eigenvalue weighted by Crippen LogP contribution is 2.27. The third-order valence-corrected chi connectivity index (χ3v) is 4.56. The fourth-order valence-electron chi connectivity index (χ4n) is 2.67. The Morgan fingerprint density at radius 1 is 1.32 bits per heavy atom. The fraction of sp³-hybridized carbons (Fsp3) is 0.533. The molecule has 0 atom stereocenters. The molecule has 1 fully saturated rings. The zero-order chi connectivity index (χ0) is 13.8. The average Bonchev–Trinajstić information content (AvgIpc) is 2.38. The highest BCUT2D eigenvalue weighted by atomic mass is 79.9. The number of halogens is 2. The number of carbonyl (C=O) groups excluding carboxylic acids is 1. The predicted molar refractivity (Wildman–Crippen MR) is 82.7 cm³/mol. The van der Waals surface area contributed by atoms with E-state index in [0.29, 0.717) is 16.6 Å². The average molecular weight is 345 g/mol. The standard InChI is InChI=1S/C15H19BrClNO/c1-2-10-3-5-14(6-4-10)18-15(19)11-7-12(16)9-13(17)8-11/h7-10,14H,2-6H2,1H3,(H,18,19). The lowest BCUT2D eigenvalue weighted by Crippen LogP contribution is -2.37. The van der Waals surface area contributed by atoms with Gasteiger partial charge in [-0.2, -0.15) is 0 Å². The van der Waals surface area contributed by atoms with Crippen LogP contribution < -0.4 is 5.32 Å². The molecule has 0 saturated heterocycles. The molecule has 1 aliphatic rings. The predicted octanol–water partition coefficient (Wildman–Crippen LogP) is 4.80. The molecule has 4 heteroatoms. The summed E-state index contributed by atoms with van der Waals surface area (Å²) in [7, 11) is 0. The molecule has 0 heterocycles. The van der Waals surface area contributed by atoms with Gasteiger partial charge in [0.25, 0.3) is 5.91 Å². The third kappa shape index (κ3) is 4.22. The van der Waals surface area contributed by atoms with Crippen LogP contribution in [0, 0.1) is 5.92 Å². The zero-order valence-corrected chi connectivity index (χ0v) is 13.4. The number of benzene rings is 1. The van der Waals surface area contributed by atoms with E-state index in [1.54, 1.807) is 18.2 Å². The van der Waals surface area contributed by atoms with Crippen molar-refractivity contribution in [2.24, 2.45) is 5.92 Å². The second-order valence-electron chi connectivity index (χ2n) is 5.26. The molecule has 1 aromatic carbocycles. The molecule has 2 nitrogen and oxygen atoms in total.